The Morgan fingerprint density at radius 1 is 1.00 bits per heavy atom. The van der Waals surface area contributed by atoms with E-state index in [4.69, 9.17) is 0 Å². The fourth-order valence-electron chi connectivity index (χ4n) is 2.57. The van der Waals surface area contributed by atoms with E-state index < -0.39 is 0 Å². The molecule has 0 aromatic heterocycles. The minimum absolute atomic E-state index is 0.415. The molecule has 90 valence electrons. The Kier molecular flexibility index (Phi) is 4.22. The molecule has 0 aliphatic carbocycles. The standard InChI is InChI=1S/C14H29N/c1-10-8-7-9-11(2)14(5,6)13(4)15-12(10)3/h10-13,15H,7-9H2,1-6H3/t10-,11?,12-,13+/m1/s1. The number of rotatable bonds is 0. The summed E-state index contributed by atoms with van der Waals surface area (Å²) in [4.78, 5) is 0. The highest BCUT2D eigenvalue weighted by Crippen LogP contribution is 2.36. The molecule has 1 saturated heterocycles. The Morgan fingerprint density at radius 3 is 2.20 bits per heavy atom. The summed E-state index contributed by atoms with van der Waals surface area (Å²) in [5.74, 6) is 1.63. The van der Waals surface area contributed by atoms with Crippen LogP contribution in [0, 0.1) is 17.3 Å². The second-order valence-electron chi connectivity index (χ2n) is 6.31. The molecule has 0 spiro atoms. The minimum Gasteiger partial charge on any atom is -0.311 e. The quantitative estimate of drug-likeness (QED) is 0.642. The monoisotopic (exact) mass is 211 g/mol. The molecule has 1 heteroatoms. The third-order valence-electron chi connectivity index (χ3n) is 5.05. The van der Waals surface area contributed by atoms with Crippen molar-refractivity contribution in [3.05, 3.63) is 0 Å². The highest BCUT2D eigenvalue weighted by molar-refractivity contribution is 4.89. The van der Waals surface area contributed by atoms with Crippen LogP contribution >= 0.6 is 0 Å². The van der Waals surface area contributed by atoms with Crippen molar-refractivity contribution in [3.63, 3.8) is 0 Å². The van der Waals surface area contributed by atoms with Crippen molar-refractivity contribution in [2.75, 3.05) is 0 Å². The maximum Gasteiger partial charge on any atom is 0.00950 e. The van der Waals surface area contributed by atoms with Gasteiger partial charge in [-0.25, -0.2) is 0 Å². The number of nitrogens with one attached hydrogen (secondary N) is 1. The highest BCUT2D eigenvalue weighted by Gasteiger charge is 2.34. The van der Waals surface area contributed by atoms with Crippen LogP contribution in [0.3, 0.4) is 0 Å². The van der Waals surface area contributed by atoms with Crippen LogP contribution in [-0.4, -0.2) is 12.1 Å². The van der Waals surface area contributed by atoms with Crippen molar-refractivity contribution in [2.45, 2.75) is 72.9 Å². The zero-order valence-electron chi connectivity index (χ0n) is 11.4. The van der Waals surface area contributed by atoms with Crippen LogP contribution in [0.15, 0.2) is 0 Å². The minimum atomic E-state index is 0.415. The molecule has 1 nitrogen and oxygen atoms in total. The van der Waals surface area contributed by atoms with Crippen LogP contribution in [0.25, 0.3) is 0 Å². The molecule has 1 unspecified atom stereocenters. The summed E-state index contributed by atoms with van der Waals surface area (Å²) in [7, 11) is 0. The molecular formula is C14H29N. The average Bonchev–Trinajstić information content (AvgIpc) is 2.17. The van der Waals surface area contributed by atoms with Gasteiger partial charge in [0.25, 0.3) is 0 Å². The van der Waals surface area contributed by atoms with E-state index in [-0.39, 0.29) is 0 Å². The van der Waals surface area contributed by atoms with E-state index in [0.29, 0.717) is 17.5 Å². The lowest BCUT2D eigenvalue weighted by Gasteiger charge is -2.39. The lowest BCUT2D eigenvalue weighted by molar-refractivity contribution is 0.149. The molecule has 0 radical (unpaired) electrons. The second kappa shape index (κ2) is 4.86. The maximum atomic E-state index is 3.79. The van der Waals surface area contributed by atoms with Gasteiger partial charge in [-0.05, 0) is 37.5 Å². The molecule has 0 aromatic rings. The van der Waals surface area contributed by atoms with E-state index in [2.05, 4.69) is 46.9 Å². The lowest BCUT2D eigenvalue weighted by atomic mass is 9.72. The fraction of sp³-hybridized carbons (Fsp3) is 1.00. The van der Waals surface area contributed by atoms with E-state index in [1.54, 1.807) is 0 Å². The first-order valence-corrected chi connectivity index (χ1v) is 6.61. The van der Waals surface area contributed by atoms with E-state index >= 15 is 0 Å². The van der Waals surface area contributed by atoms with Crippen molar-refractivity contribution in [1.82, 2.24) is 5.32 Å². The second-order valence-corrected chi connectivity index (χ2v) is 6.31. The third kappa shape index (κ3) is 2.96. The van der Waals surface area contributed by atoms with Gasteiger partial charge in [-0.3, -0.25) is 0 Å². The van der Waals surface area contributed by atoms with Gasteiger partial charge in [0.15, 0.2) is 0 Å². The largest absolute Gasteiger partial charge is 0.311 e. The van der Waals surface area contributed by atoms with Gasteiger partial charge in [0.2, 0.25) is 0 Å². The first-order chi connectivity index (χ1) is 6.85. The number of hydrogen-bond acceptors (Lipinski definition) is 1. The fourth-order valence-corrected chi connectivity index (χ4v) is 2.57. The van der Waals surface area contributed by atoms with E-state index in [1.165, 1.54) is 19.3 Å². The van der Waals surface area contributed by atoms with Gasteiger partial charge < -0.3 is 5.32 Å². The van der Waals surface area contributed by atoms with Crippen LogP contribution in [0.5, 0.6) is 0 Å². The molecule has 1 aliphatic rings. The summed E-state index contributed by atoms with van der Waals surface area (Å²) in [6.07, 6.45) is 4.15. The van der Waals surface area contributed by atoms with E-state index in [9.17, 15) is 0 Å². The van der Waals surface area contributed by atoms with Gasteiger partial charge in [0.05, 0.1) is 0 Å². The summed E-state index contributed by atoms with van der Waals surface area (Å²) < 4.78 is 0. The third-order valence-corrected chi connectivity index (χ3v) is 5.05. The molecule has 1 rings (SSSR count). The average molecular weight is 211 g/mol. The lowest BCUT2D eigenvalue weighted by Crippen LogP contribution is -2.47. The smallest absolute Gasteiger partial charge is 0.00950 e. The molecule has 0 amide bonds. The van der Waals surface area contributed by atoms with Gasteiger partial charge in [-0.1, -0.05) is 40.5 Å². The molecule has 0 bridgehead atoms. The first-order valence-electron chi connectivity index (χ1n) is 6.61. The van der Waals surface area contributed by atoms with Gasteiger partial charge in [-0.2, -0.15) is 0 Å². The molecular weight excluding hydrogens is 182 g/mol. The summed E-state index contributed by atoms with van der Waals surface area (Å²) >= 11 is 0. The molecule has 1 aliphatic heterocycles. The summed E-state index contributed by atoms with van der Waals surface area (Å²) in [5.41, 5.74) is 0.415. The van der Waals surface area contributed by atoms with Gasteiger partial charge in [0, 0.05) is 12.1 Å². The summed E-state index contributed by atoms with van der Waals surface area (Å²) in [6.45, 7) is 14.3. The molecule has 4 atom stereocenters. The van der Waals surface area contributed by atoms with Gasteiger partial charge in [-0.15, -0.1) is 0 Å². The van der Waals surface area contributed by atoms with Gasteiger partial charge >= 0.3 is 0 Å². The first kappa shape index (κ1) is 13.0. The molecule has 1 heterocycles. The van der Waals surface area contributed by atoms with Crippen molar-refractivity contribution >= 4 is 0 Å². The molecule has 1 N–H and O–H groups in total. The molecule has 0 saturated carbocycles. The van der Waals surface area contributed by atoms with Crippen LogP contribution in [0.2, 0.25) is 0 Å². The Morgan fingerprint density at radius 2 is 1.60 bits per heavy atom. The van der Waals surface area contributed by atoms with Crippen LogP contribution in [0.4, 0.5) is 0 Å². The Labute approximate surface area is 96.0 Å². The SMILES string of the molecule is CC1CCC[C@@H](C)[C@@H](C)N[C@@H](C)C1(C)C. The Balaban J connectivity index is 2.77. The zero-order valence-corrected chi connectivity index (χ0v) is 11.4. The predicted octanol–water partition coefficient (Wildman–Crippen LogP) is 3.84. The van der Waals surface area contributed by atoms with Crippen molar-refractivity contribution in [1.29, 1.82) is 0 Å². The van der Waals surface area contributed by atoms with Crippen LogP contribution < -0.4 is 5.32 Å². The molecule has 15 heavy (non-hydrogen) atoms. The Hall–Kier alpha value is -0.0400. The summed E-state index contributed by atoms with van der Waals surface area (Å²) in [5, 5.41) is 3.79. The van der Waals surface area contributed by atoms with E-state index in [0.717, 1.165) is 11.8 Å². The van der Waals surface area contributed by atoms with Crippen LogP contribution in [-0.2, 0) is 0 Å². The van der Waals surface area contributed by atoms with Crippen molar-refractivity contribution in [3.8, 4) is 0 Å². The summed E-state index contributed by atoms with van der Waals surface area (Å²) in [6, 6.07) is 1.27. The van der Waals surface area contributed by atoms with Crippen LogP contribution in [0.1, 0.15) is 60.8 Å². The zero-order chi connectivity index (χ0) is 11.6. The van der Waals surface area contributed by atoms with Gasteiger partial charge in [0.1, 0.15) is 0 Å². The van der Waals surface area contributed by atoms with Crippen molar-refractivity contribution in [2.24, 2.45) is 17.3 Å². The molecule has 1 fully saturated rings. The highest BCUT2D eigenvalue weighted by atomic mass is 15.0. The maximum absolute atomic E-state index is 3.79. The number of hydrogen-bond donors (Lipinski definition) is 1. The normalized spacial score (nSPS) is 42.8. The predicted molar refractivity (Wildman–Crippen MR) is 68.0 cm³/mol. The van der Waals surface area contributed by atoms with Crippen molar-refractivity contribution < 1.29 is 0 Å². The Bertz CT molecular complexity index is 198. The molecule has 0 aromatic carbocycles. The van der Waals surface area contributed by atoms with E-state index in [1.807, 2.05) is 0 Å². The topological polar surface area (TPSA) is 12.0 Å².